The number of guanidine groups is 1. The molecular formula is C19H25IN4O3S. The van der Waals surface area contributed by atoms with Crippen LogP contribution < -0.4 is 10.1 Å². The van der Waals surface area contributed by atoms with Gasteiger partial charge in [-0.3, -0.25) is 4.99 Å². The molecule has 0 spiro atoms. The van der Waals surface area contributed by atoms with Crippen LogP contribution in [-0.4, -0.2) is 56.8 Å². The van der Waals surface area contributed by atoms with E-state index >= 15 is 0 Å². The number of rotatable bonds is 5. The fraction of sp³-hybridized carbons (Fsp3) is 0.368. The van der Waals surface area contributed by atoms with Crippen LogP contribution in [0.25, 0.3) is 0 Å². The zero-order chi connectivity index (χ0) is 19.3. The van der Waals surface area contributed by atoms with Gasteiger partial charge in [0.25, 0.3) is 0 Å². The number of likely N-dealkylation sites (tertiary alicyclic amines) is 1. The fourth-order valence-electron chi connectivity index (χ4n) is 2.97. The lowest BCUT2D eigenvalue weighted by Crippen LogP contribution is -2.40. The van der Waals surface area contributed by atoms with Crippen LogP contribution in [0.1, 0.15) is 12.0 Å². The van der Waals surface area contributed by atoms with Gasteiger partial charge in [-0.15, -0.1) is 24.0 Å². The number of pyridine rings is 1. The van der Waals surface area contributed by atoms with Crippen molar-refractivity contribution in [2.45, 2.75) is 24.0 Å². The lowest BCUT2D eigenvalue weighted by atomic mass is 10.2. The summed E-state index contributed by atoms with van der Waals surface area (Å²) in [6.07, 6.45) is 3.91. The largest absolute Gasteiger partial charge is 0.472 e. The van der Waals surface area contributed by atoms with E-state index in [1.165, 1.54) is 6.26 Å². The zero-order valence-electron chi connectivity index (χ0n) is 15.9. The van der Waals surface area contributed by atoms with Crippen molar-refractivity contribution in [2.24, 2.45) is 4.99 Å². The normalized spacial score (nSPS) is 17.1. The second-order valence-corrected chi connectivity index (χ2v) is 8.48. The number of benzene rings is 1. The van der Waals surface area contributed by atoms with Gasteiger partial charge in [0.15, 0.2) is 15.8 Å². The topological polar surface area (TPSA) is 83.9 Å². The van der Waals surface area contributed by atoms with Crippen LogP contribution in [0.4, 0.5) is 0 Å². The number of nitrogens with one attached hydrogen (secondary N) is 1. The van der Waals surface area contributed by atoms with Crippen LogP contribution in [0.15, 0.2) is 58.5 Å². The van der Waals surface area contributed by atoms with Gasteiger partial charge in [-0.1, -0.05) is 18.2 Å². The van der Waals surface area contributed by atoms with E-state index in [0.717, 1.165) is 31.0 Å². The number of sulfone groups is 1. The van der Waals surface area contributed by atoms with Crippen LogP contribution in [-0.2, 0) is 16.4 Å². The molecule has 1 saturated heterocycles. The van der Waals surface area contributed by atoms with Gasteiger partial charge in [-0.25, -0.2) is 13.4 Å². The van der Waals surface area contributed by atoms with Crippen LogP contribution in [0.3, 0.4) is 0 Å². The van der Waals surface area contributed by atoms with E-state index in [0.29, 0.717) is 17.3 Å². The van der Waals surface area contributed by atoms with Crippen molar-refractivity contribution < 1.29 is 13.2 Å². The van der Waals surface area contributed by atoms with Crippen molar-refractivity contribution in [3.63, 3.8) is 0 Å². The predicted octanol–water partition coefficient (Wildman–Crippen LogP) is 2.33. The molecule has 0 bridgehead atoms. The van der Waals surface area contributed by atoms with Crippen LogP contribution in [0.2, 0.25) is 0 Å². The van der Waals surface area contributed by atoms with E-state index in [9.17, 15) is 8.42 Å². The standard InChI is InChI=1S/C19H24N4O3S.HI/c1-20-19(22-13-15-6-8-17(9-7-15)27(2,24)25)23-12-10-16(14-23)26-18-5-3-4-11-21-18;/h3-9,11,16H,10,12-14H2,1-2H3,(H,20,22);1H. The third-order valence-electron chi connectivity index (χ3n) is 4.38. The molecule has 0 aliphatic carbocycles. The third kappa shape index (κ3) is 6.06. The highest BCUT2D eigenvalue weighted by atomic mass is 127. The Hall–Kier alpha value is -1.88. The summed E-state index contributed by atoms with van der Waals surface area (Å²) in [5, 5.41) is 3.33. The number of aliphatic imine (C=N–C) groups is 1. The molecule has 1 atom stereocenters. The Morgan fingerprint density at radius 3 is 2.64 bits per heavy atom. The van der Waals surface area contributed by atoms with Crippen molar-refractivity contribution in [1.82, 2.24) is 15.2 Å². The Kier molecular flexibility index (Phi) is 8.05. The molecule has 0 amide bonds. The minimum Gasteiger partial charge on any atom is -0.472 e. The summed E-state index contributed by atoms with van der Waals surface area (Å²) in [5.74, 6) is 1.44. The highest BCUT2D eigenvalue weighted by Crippen LogP contribution is 2.16. The highest BCUT2D eigenvalue weighted by Gasteiger charge is 2.26. The number of hydrogen-bond acceptors (Lipinski definition) is 5. The molecule has 1 unspecified atom stereocenters. The first kappa shape index (κ1) is 22.4. The fourth-order valence-corrected chi connectivity index (χ4v) is 3.60. The van der Waals surface area contributed by atoms with Crippen molar-refractivity contribution in [3.8, 4) is 5.88 Å². The van der Waals surface area contributed by atoms with E-state index in [2.05, 4.69) is 20.2 Å². The second-order valence-electron chi connectivity index (χ2n) is 6.46. The molecule has 1 N–H and O–H groups in total. The number of ether oxygens (including phenoxy) is 1. The second kappa shape index (κ2) is 10.1. The Bertz CT molecular complexity index is 889. The van der Waals surface area contributed by atoms with Crippen LogP contribution >= 0.6 is 24.0 Å². The van der Waals surface area contributed by atoms with E-state index in [-0.39, 0.29) is 30.1 Å². The molecule has 1 aliphatic rings. The summed E-state index contributed by atoms with van der Waals surface area (Å²) in [7, 11) is -1.42. The van der Waals surface area contributed by atoms with Gasteiger partial charge in [0.1, 0.15) is 6.10 Å². The predicted molar refractivity (Wildman–Crippen MR) is 120 cm³/mol. The maximum atomic E-state index is 11.5. The minimum absolute atomic E-state index is 0. The number of nitrogens with zero attached hydrogens (tertiary/aromatic N) is 3. The summed E-state index contributed by atoms with van der Waals surface area (Å²) < 4.78 is 29.0. The first-order valence-electron chi connectivity index (χ1n) is 8.78. The molecule has 3 rings (SSSR count). The minimum atomic E-state index is -3.17. The van der Waals surface area contributed by atoms with Gasteiger partial charge < -0.3 is 15.0 Å². The summed E-state index contributed by atoms with van der Waals surface area (Å²) >= 11 is 0. The summed E-state index contributed by atoms with van der Waals surface area (Å²) in [6, 6.07) is 12.5. The molecule has 2 heterocycles. The molecule has 9 heteroatoms. The van der Waals surface area contributed by atoms with Crippen molar-refractivity contribution in [2.75, 3.05) is 26.4 Å². The molecule has 28 heavy (non-hydrogen) atoms. The number of halogens is 1. The van der Waals surface area contributed by atoms with Gasteiger partial charge in [-0.2, -0.15) is 0 Å². The average Bonchev–Trinajstić information content (AvgIpc) is 3.11. The molecule has 0 saturated carbocycles. The molecule has 7 nitrogen and oxygen atoms in total. The van der Waals surface area contributed by atoms with Crippen molar-refractivity contribution >= 4 is 39.8 Å². The maximum Gasteiger partial charge on any atom is 0.213 e. The van der Waals surface area contributed by atoms with Crippen LogP contribution in [0.5, 0.6) is 5.88 Å². The average molecular weight is 516 g/mol. The monoisotopic (exact) mass is 516 g/mol. The molecule has 1 fully saturated rings. The first-order chi connectivity index (χ1) is 13.0. The van der Waals surface area contributed by atoms with Crippen molar-refractivity contribution in [1.29, 1.82) is 0 Å². The Morgan fingerprint density at radius 2 is 2.04 bits per heavy atom. The third-order valence-corrected chi connectivity index (χ3v) is 5.51. The zero-order valence-corrected chi connectivity index (χ0v) is 19.1. The van der Waals surface area contributed by atoms with Gasteiger partial charge in [0, 0.05) is 45.1 Å². The highest BCUT2D eigenvalue weighted by molar-refractivity contribution is 14.0. The molecule has 2 aromatic rings. The molecule has 1 aromatic heterocycles. The molecule has 1 aromatic carbocycles. The summed E-state index contributed by atoms with van der Waals surface area (Å²) in [4.78, 5) is 11.0. The molecule has 1 aliphatic heterocycles. The Labute approximate surface area is 183 Å². The Morgan fingerprint density at radius 1 is 1.29 bits per heavy atom. The summed E-state index contributed by atoms with van der Waals surface area (Å²) in [5.41, 5.74) is 0.990. The molecule has 0 radical (unpaired) electrons. The van der Waals surface area contributed by atoms with Gasteiger partial charge in [0.2, 0.25) is 5.88 Å². The summed E-state index contributed by atoms with van der Waals surface area (Å²) in [6.45, 7) is 2.16. The van der Waals surface area contributed by atoms with Crippen molar-refractivity contribution in [3.05, 3.63) is 54.2 Å². The quantitative estimate of drug-likeness (QED) is 0.373. The lowest BCUT2D eigenvalue weighted by Gasteiger charge is -2.21. The lowest BCUT2D eigenvalue weighted by molar-refractivity contribution is 0.205. The van der Waals surface area contributed by atoms with E-state index in [1.807, 2.05) is 30.3 Å². The van der Waals surface area contributed by atoms with Gasteiger partial charge >= 0.3 is 0 Å². The SMILES string of the molecule is CN=C(NCc1ccc(S(C)(=O)=O)cc1)N1CCC(Oc2ccccn2)C1.I. The molecular weight excluding hydrogens is 491 g/mol. The van der Waals surface area contributed by atoms with E-state index < -0.39 is 9.84 Å². The van der Waals surface area contributed by atoms with Gasteiger partial charge in [-0.05, 0) is 23.8 Å². The smallest absolute Gasteiger partial charge is 0.213 e. The van der Waals surface area contributed by atoms with E-state index in [1.54, 1.807) is 25.4 Å². The van der Waals surface area contributed by atoms with Gasteiger partial charge in [0.05, 0.1) is 11.4 Å². The number of hydrogen-bond donors (Lipinski definition) is 1. The Balaban J connectivity index is 0.00000280. The molecule has 152 valence electrons. The van der Waals surface area contributed by atoms with E-state index in [4.69, 9.17) is 4.74 Å². The number of aromatic nitrogens is 1. The van der Waals surface area contributed by atoms with Crippen LogP contribution in [0, 0.1) is 0 Å². The maximum absolute atomic E-state index is 11.5. The first-order valence-corrected chi connectivity index (χ1v) is 10.7.